The number of aryl methyl sites for hydroxylation is 4. The van der Waals surface area contributed by atoms with Gasteiger partial charge >= 0.3 is 0 Å². The van der Waals surface area contributed by atoms with Crippen LogP contribution in [0.5, 0.6) is 5.75 Å². The molecule has 0 bridgehead atoms. The zero-order chi connectivity index (χ0) is 18.7. The summed E-state index contributed by atoms with van der Waals surface area (Å²) in [5, 5.41) is 6.72. The molecule has 0 aliphatic heterocycles. The van der Waals surface area contributed by atoms with Crippen LogP contribution in [0.2, 0.25) is 0 Å². The monoisotopic (exact) mass is 348 g/mol. The maximum absolute atomic E-state index is 5.43. The first-order valence-corrected chi connectivity index (χ1v) is 8.56. The van der Waals surface area contributed by atoms with Crippen LogP contribution in [0.25, 0.3) is 0 Å². The van der Waals surface area contributed by atoms with Gasteiger partial charge in [-0.15, -0.1) is 0 Å². The number of methoxy groups -OCH3 is 1. The van der Waals surface area contributed by atoms with Gasteiger partial charge in [0.1, 0.15) is 23.2 Å². The molecule has 0 aliphatic carbocycles. The molecule has 2 aromatic carbocycles. The van der Waals surface area contributed by atoms with Crippen molar-refractivity contribution in [2.24, 2.45) is 0 Å². The minimum atomic E-state index is 0.689. The molecule has 0 fully saturated rings. The van der Waals surface area contributed by atoms with Gasteiger partial charge in [0, 0.05) is 11.8 Å². The number of hydrogen-bond donors (Lipinski definition) is 2. The third kappa shape index (κ3) is 4.11. The van der Waals surface area contributed by atoms with Gasteiger partial charge < -0.3 is 15.4 Å². The molecule has 2 N–H and O–H groups in total. The van der Waals surface area contributed by atoms with E-state index in [1.165, 1.54) is 11.1 Å². The van der Waals surface area contributed by atoms with E-state index < -0.39 is 0 Å². The predicted octanol–water partition coefficient (Wildman–Crippen LogP) is 5.21. The molecule has 0 saturated heterocycles. The Bertz CT molecular complexity index is 937. The maximum atomic E-state index is 5.43. The molecular weight excluding hydrogens is 324 g/mol. The topological polar surface area (TPSA) is 59.1 Å². The van der Waals surface area contributed by atoms with Crippen molar-refractivity contribution in [3.63, 3.8) is 0 Å². The minimum Gasteiger partial charge on any atom is -0.495 e. The lowest BCUT2D eigenvalue weighted by Gasteiger charge is -2.14. The highest BCUT2D eigenvalue weighted by atomic mass is 16.5. The van der Waals surface area contributed by atoms with Crippen molar-refractivity contribution in [3.8, 4) is 5.75 Å². The molecule has 0 radical (unpaired) electrons. The van der Waals surface area contributed by atoms with E-state index in [1.54, 1.807) is 7.11 Å². The Labute approximate surface area is 154 Å². The standard InChI is InChI=1S/C21H24N4O/c1-13-6-8-17(15(3)10-13)24-20-12-21(23-16(4)22-20)25-18-11-14(2)7-9-19(18)26-5/h6-12H,1-5H3,(H2,22,23,24,25). The van der Waals surface area contributed by atoms with Crippen LogP contribution in [0.1, 0.15) is 22.5 Å². The Morgan fingerprint density at radius 1 is 0.731 bits per heavy atom. The van der Waals surface area contributed by atoms with Crippen LogP contribution in [0.3, 0.4) is 0 Å². The van der Waals surface area contributed by atoms with Crippen LogP contribution in [-0.2, 0) is 0 Å². The fourth-order valence-electron chi connectivity index (χ4n) is 2.85. The molecule has 5 nitrogen and oxygen atoms in total. The molecule has 1 aromatic heterocycles. The largest absolute Gasteiger partial charge is 0.495 e. The van der Waals surface area contributed by atoms with Crippen LogP contribution in [0.4, 0.5) is 23.0 Å². The summed E-state index contributed by atoms with van der Waals surface area (Å²) >= 11 is 0. The summed E-state index contributed by atoms with van der Waals surface area (Å²) in [5.74, 6) is 2.93. The quantitative estimate of drug-likeness (QED) is 0.663. The highest BCUT2D eigenvalue weighted by Gasteiger charge is 2.08. The Balaban J connectivity index is 1.89. The lowest BCUT2D eigenvalue weighted by Crippen LogP contribution is -2.03. The van der Waals surface area contributed by atoms with E-state index in [0.717, 1.165) is 28.5 Å². The summed E-state index contributed by atoms with van der Waals surface area (Å²) in [6.07, 6.45) is 0. The van der Waals surface area contributed by atoms with E-state index in [1.807, 2.05) is 38.1 Å². The van der Waals surface area contributed by atoms with Gasteiger partial charge in [-0.05, 0) is 57.0 Å². The van der Waals surface area contributed by atoms with Gasteiger partial charge in [0.25, 0.3) is 0 Å². The van der Waals surface area contributed by atoms with E-state index >= 15 is 0 Å². The van der Waals surface area contributed by atoms with Crippen LogP contribution < -0.4 is 15.4 Å². The van der Waals surface area contributed by atoms with Crippen molar-refractivity contribution in [2.75, 3.05) is 17.7 Å². The van der Waals surface area contributed by atoms with Crippen molar-refractivity contribution < 1.29 is 4.74 Å². The van der Waals surface area contributed by atoms with Crippen molar-refractivity contribution in [2.45, 2.75) is 27.7 Å². The zero-order valence-electron chi connectivity index (χ0n) is 15.8. The van der Waals surface area contributed by atoms with Gasteiger partial charge in [-0.3, -0.25) is 0 Å². The second-order valence-electron chi connectivity index (χ2n) is 6.46. The first-order valence-electron chi connectivity index (χ1n) is 8.56. The van der Waals surface area contributed by atoms with Gasteiger partial charge in [-0.25, -0.2) is 9.97 Å². The Morgan fingerprint density at radius 2 is 1.35 bits per heavy atom. The van der Waals surface area contributed by atoms with Gasteiger partial charge in [-0.2, -0.15) is 0 Å². The van der Waals surface area contributed by atoms with Crippen LogP contribution >= 0.6 is 0 Å². The summed E-state index contributed by atoms with van der Waals surface area (Å²) in [4.78, 5) is 9.00. The Morgan fingerprint density at radius 3 is 2.00 bits per heavy atom. The summed E-state index contributed by atoms with van der Waals surface area (Å²) < 4.78 is 5.43. The molecule has 0 spiro atoms. The van der Waals surface area contributed by atoms with E-state index in [9.17, 15) is 0 Å². The predicted molar refractivity (Wildman–Crippen MR) is 107 cm³/mol. The number of rotatable bonds is 5. The second kappa shape index (κ2) is 7.44. The fourth-order valence-corrected chi connectivity index (χ4v) is 2.85. The van der Waals surface area contributed by atoms with Crippen molar-refractivity contribution in [1.82, 2.24) is 9.97 Å². The number of benzene rings is 2. The van der Waals surface area contributed by atoms with Crippen LogP contribution in [0.15, 0.2) is 42.5 Å². The van der Waals surface area contributed by atoms with Crippen molar-refractivity contribution >= 4 is 23.0 Å². The number of ether oxygens (including phenoxy) is 1. The normalized spacial score (nSPS) is 10.5. The van der Waals surface area contributed by atoms with E-state index in [2.05, 4.69) is 52.6 Å². The lowest BCUT2D eigenvalue weighted by atomic mass is 10.1. The number of nitrogens with zero attached hydrogens (tertiary/aromatic N) is 2. The van der Waals surface area contributed by atoms with Gasteiger partial charge in [0.2, 0.25) is 0 Å². The van der Waals surface area contributed by atoms with Gasteiger partial charge in [0.15, 0.2) is 0 Å². The van der Waals surface area contributed by atoms with Crippen molar-refractivity contribution in [1.29, 1.82) is 0 Å². The third-order valence-corrected chi connectivity index (χ3v) is 4.10. The molecular formula is C21H24N4O. The van der Waals surface area contributed by atoms with E-state index in [-0.39, 0.29) is 0 Å². The second-order valence-corrected chi connectivity index (χ2v) is 6.46. The van der Waals surface area contributed by atoms with Crippen LogP contribution in [-0.4, -0.2) is 17.1 Å². The molecule has 1 heterocycles. The number of hydrogen-bond acceptors (Lipinski definition) is 5. The maximum Gasteiger partial charge on any atom is 0.142 e. The first kappa shape index (κ1) is 17.7. The average molecular weight is 348 g/mol. The van der Waals surface area contributed by atoms with E-state index in [0.29, 0.717) is 11.6 Å². The molecule has 0 unspecified atom stereocenters. The lowest BCUT2D eigenvalue weighted by molar-refractivity contribution is 0.416. The Hall–Kier alpha value is -3.08. The molecule has 26 heavy (non-hydrogen) atoms. The highest BCUT2D eigenvalue weighted by molar-refractivity contribution is 5.68. The molecule has 0 aliphatic rings. The molecule has 0 saturated carbocycles. The van der Waals surface area contributed by atoms with Gasteiger partial charge in [-0.1, -0.05) is 23.8 Å². The summed E-state index contributed by atoms with van der Waals surface area (Å²) in [5.41, 5.74) is 5.47. The SMILES string of the molecule is COc1ccc(C)cc1Nc1cc(Nc2ccc(C)cc2C)nc(C)n1. The molecule has 3 rings (SSSR count). The molecule has 0 amide bonds. The zero-order valence-corrected chi connectivity index (χ0v) is 15.8. The van der Waals surface area contributed by atoms with Crippen molar-refractivity contribution in [3.05, 3.63) is 65.0 Å². The average Bonchev–Trinajstić information content (AvgIpc) is 2.57. The summed E-state index contributed by atoms with van der Waals surface area (Å²) in [6.45, 7) is 8.10. The highest BCUT2D eigenvalue weighted by Crippen LogP contribution is 2.29. The number of anilines is 4. The number of nitrogens with one attached hydrogen (secondary N) is 2. The molecule has 3 aromatic rings. The molecule has 5 heteroatoms. The summed E-state index contributed by atoms with van der Waals surface area (Å²) in [6, 6.07) is 14.2. The minimum absolute atomic E-state index is 0.689. The smallest absolute Gasteiger partial charge is 0.142 e. The van der Waals surface area contributed by atoms with Crippen LogP contribution in [0, 0.1) is 27.7 Å². The third-order valence-electron chi connectivity index (χ3n) is 4.10. The van der Waals surface area contributed by atoms with E-state index in [4.69, 9.17) is 4.74 Å². The Kier molecular flexibility index (Phi) is 5.07. The summed E-state index contributed by atoms with van der Waals surface area (Å²) in [7, 11) is 1.66. The molecule has 0 atom stereocenters. The van der Waals surface area contributed by atoms with Gasteiger partial charge in [0.05, 0.1) is 12.8 Å². The molecule has 134 valence electrons. The number of aromatic nitrogens is 2. The fraction of sp³-hybridized carbons (Fsp3) is 0.238. The first-order chi connectivity index (χ1) is 12.4.